The molecule has 0 saturated heterocycles. The van der Waals surface area contributed by atoms with E-state index in [4.69, 9.17) is 4.74 Å². The van der Waals surface area contributed by atoms with Gasteiger partial charge in [0.25, 0.3) is 0 Å². The summed E-state index contributed by atoms with van der Waals surface area (Å²) in [7, 11) is -3.52. The number of hydrogen-bond donors (Lipinski definition) is 1. The SMILES string of the molecule is CCn1cc(CCNS(=O)(=O)c2ccc3c(c2)CCCO3)nn1. The first-order valence-corrected chi connectivity index (χ1v) is 9.21. The Morgan fingerprint density at radius 2 is 2.26 bits per heavy atom. The number of fused-ring (bicyclic) bond motifs is 1. The fourth-order valence-corrected chi connectivity index (χ4v) is 3.59. The average Bonchev–Trinajstić information content (AvgIpc) is 3.02. The van der Waals surface area contributed by atoms with Gasteiger partial charge in [-0.1, -0.05) is 5.21 Å². The minimum atomic E-state index is -3.52. The first-order valence-electron chi connectivity index (χ1n) is 7.73. The first kappa shape index (κ1) is 15.9. The zero-order valence-electron chi connectivity index (χ0n) is 13.0. The van der Waals surface area contributed by atoms with E-state index in [1.807, 2.05) is 13.1 Å². The number of ether oxygens (including phenoxy) is 1. The van der Waals surface area contributed by atoms with Gasteiger partial charge in [0.05, 0.1) is 17.2 Å². The lowest BCUT2D eigenvalue weighted by atomic mass is 10.1. The van der Waals surface area contributed by atoms with Crippen molar-refractivity contribution < 1.29 is 13.2 Å². The van der Waals surface area contributed by atoms with E-state index in [2.05, 4.69) is 15.0 Å². The fourth-order valence-electron chi connectivity index (χ4n) is 2.51. The monoisotopic (exact) mass is 336 g/mol. The molecule has 0 saturated carbocycles. The van der Waals surface area contributed by atoms with Gasteiger partial charge in [-0.3, -0.25) is 4.68 Å². The largest absolute Gasteiger partial charge is 0.493 e. The van der Waals surface area contributed by atoms with Gasteiger partial charge in [-0.25, -0.2) is 13.1 Å². The van der Waals surface area contributed by atoms with E-state index in [0.29, 0.717) is 19.6 Å². The van der Waals surface area contributed by atoms with Crippen LogP contribution in [0.2, 0.25) is 0 Å². The lowest BCUT2D eigenvalue weighted by Crippen LogP contribution is -2.26. The maximum absolute atomic E-state index is 12.4. The highest BCUT2D eigenvalue weighted by atomic mass is 32.2. The fraction of sp³-hybridized carbons (Fsp3) is 0.467. The summed E-state index contributed by atoms with van der Waals surface area (Å²) >= 11 is 0. The Bertz CT molecular complexity index is 786. The summed E-state index contributed by atoms with van der Waals surface area (Å²) in [5.41, 5.74) is 1.72. The molecule has 2 aromatic rings. The smallest absolute Gasteiger partial charge is 0.240 e. The highest BCUT2D eigenvalue weighted by molar-refractivity contribution is 7.89. The summed E-state index contributed by atoms with van der Waals surface area (Å²) in [6, 6.07) is 5.01. The molecule has 0 amide bonds. The minimum Gasteiger partial charge on any atom is -0.493 e. The van der Waals surface area contributed by atoms with Gasteiger partial charge in [-0.15, -0.1) is 5.10 Å². The lowest BCUT2D eigenvalue weighted by Gasteiger charge is -2.18. The number of sulfonamides is 1. The summed E-state index contributed by atoms with van der Waals surface area (Å²) < 4.78 is 34.6. The van der Waals surface area contributed by atoms with Crippen LogP contribution in [0.15, 0.2) is 29.3 Å². The van der Waals surface area contributed by atoms with Crippen molar-refractivity contribution in [3.63, 3.8) is 0 Å². The number of aromatic nitrogens is 3. The predicted octanol–water partition coefficient (Wildman–Crippen LogP) is 1.14. The molecular formula is C15H20N4O3S. The molecule has 8 heteroatoms. The number of hydrogen-bond acceptors (Lipinski definition) is 5. The van der Waals surface area contributed by atoms with Gasteiger partial charge in [0, 0.05) is 25.7 Å². The van der Waals surface area contributed by atoms with Crippen LogP contribution >= 0.6 is 0 Å². The molecule has 1 N–H and O–H groups in total. The van der Waals surface area contributed by atoms with Crippen molar-refractivity contribution in [2.45, 2.75) is 37.6 Å². The van der Waals surface area contributed by atoms with E-state index in [9.17, 15) is 8.42 Å². The van der Waals surface area contributed by atoms with E-state index >= 15 is 0 Å². The van der Waals surface area contributed by atoms with E-state index in [1.54, 1.807) is 22.9 Å². The Hall–Kier alpha value is -1.93. The average molecular weight is 336 g/mol. The molecule has 23 heavy (non-hydrogen) atoms. The van der Waals surface area contributed by atoms with Crippen molar-refractivity contribution in [2.75, 3.05) is 13.2 Å². The molecule has 124 valence electrons. The maximum Gasteiger partial charge on any atom is 0.240 e. The number of rotatable bonds is 6. The Morgan fingerprint density at radius 3 is 3.04 bits per heavy atom. The Labute approximate surface area is 135 Å². The molecule has 1 aromatic heterocycles. The van der Waals surface area contributed by atoms with Crippen LogP contribution < -0.4 is 9.46 Å². The summed E-state index contributed by atoms with van der Waals surface area (Å²) in [5.74, 6) is 0.784. The Balaban J connectivity index is 1.64. The van der Waals surface area contributed by atoms with E-state index in [0.717, 1.165) is 36.4 Å². The van der Waals surface area contributed by atoms with Crippen molar-refractivity contribution in [3.8, 4) is 5.75 Å². The third kappa shape index (κ3) is 3.70. The zero-order chi connectivity index (χ0) is 16.3. The Kier molecular flexibility index (Phi) is 4.63. The molecule has 1 aromatic carbocycles. The van der Waals surface area contributed by atoms with Crippen molar-refractivity contribution in [1.29, 1.82) is 0 Å². The standard InChI is InChI=1S/C15H20N4O3S/c1-2-19-11-13(17-18-19)7-8-16-23(20,21)14-5-6-15-12(10-14)4-3-9-22-15/h5-6,10-11,16H,2-4,7-9H2,1H3. The molecule has 0 aliphatic carbocycles. The van der Waals surface area contributed by atoms with Crippen LogP contribution in [0.25, 0.3) is 0 Å². The number of nitrogens with one attached hydrogen (secondary N) is 1. The van der Waals surface area contributed by atoms with Crippen molar-refractivity contribution >= 4 is 10.0 Å². The second-order valence-electron chi connectivity index (χ2n) is 5.43. The topological polar surface area (TPSA) is 86.1 Å². The molecule has 0 fully saturated rings. The maximum atomic E-state index is 12.4. The van der Waals surface area contributed by atoms with Crippen LogP contribution in [0.1, 0.15) is 24.6 Å². The molecule has 3 rings (SSSR count). The molecule has 0 bridgehead atoms. The summed E-state index contributed by atoms with van der Waals surface area (Å²) in [6.45, 7) is 3.70. The molecular weight excluding hydrogens is 316 g/mol. The molecule has 0 radical (unpaired) electrons. The van der Waals surface area contributed by atoms with Crippen LogP contribution in [0.5, 0.6) is 5.75 Å². The predicted molar refractivity (Wildman–Crippen MR) is 84.8 cm³/mol. The molecule has 0 spiro atoms. The molecule has 2 heterocycles. The summed E-state index contributed by atoms with van der Waals surface area (Å²) in [4.78, 5) is 0.277. The van der Waals surface area contributed by atoms with Crippen LogP contribution in [0, 0.1) is 0 Å². The van der Waals surface area contributed by atoms with Gasteiger partial charge in [0.15, 0.2) is 0 Å². The van der Waals surface area contributed by atoms with Gasteiger partial charge in [-0.2, -0.15) is 0 Å². The second kappa shape index (κ2) is 6.67. The molecule has 0 atom stereocenters. The van der Waals surface area contributed by atoms with E-state index in [1.165, 1.54) is 0 Å². The molecule has 1 aliphatic rings. The second-order valence-corrected chi connectivity index (χ2v) is 7.20. The summed E-state index contributed by atoms with van der Waals surface area (Å²) in [5, 5.41) is 7.93. The zero-order valence-corrected chi connectivity index (χ0v) is 13.8. The van der Waals surface area contributed by atoms with Crippen LogP contribution in [0.3, 0.4) is 0 Å². The van der Waals surface area contributed by atoms with Gasteiger partial charge in [0.2, 0.25) is 10.0 Å². The lowest BCUT2D eigenvalue weighted by molar-refractivity contribution is 0.288. The Morgan fingerprint density at radius 1 is 1.39 bits per heavy atom. The van der Waals surface area contributed by atoms with Crippen LogP contribution in [-0.2, 0) is 29.4 Å². The highest BCUT2D eigenvalue weighted by Crippen LogP contribution is 2.27. The van der Waals surface area contributed by atoms with Gasteiger partial charge in [-0.05, 0) is 43.5 Å². The van der Waals surface area contributed by atoms with Gasteiger partial charge < -0.3 is 4.74 Å². The van der Waals surface area contributed by atoms with Crippen molar-refractivity contribution in [3.05, 3.63) is 35.7 Å². The number of aryl methyl sites for hydroxylation is 2. The third-order valence-corrected chi connectivity index (χ3v) is 5.23. The van der Waals surface area contributed by atoms with Crippen LogP contribution in [-0.4, -0.2) is 36.6 Å². The summed E-state index contributed by atoms with van der Waals surface area (Å²) in [6.07, 6.45) is 4.09. The van der Waals surface area contributed by atoms with E-state index in [-0.39, 0.29) is 4.90 Å². The number of benzene rings is 1. The van der Waals surface area contributed by atoms with Crippen LogP contribution in [0.4, 0.5) is 0 Å². The number of nitrogens with zero attached hydrogens (tertiary/aromatic N) is 3. The third-order valence-electron chi connectivity index (χ3n) is 3.77. The highest BCUT2D eigenvalue weighted by Gasteiger charge is 2.18. The minimum absolute atomic E-state index is 0.277. The van der Waals surface area contributed by atoms with Gasteiger partial charge >= 0.3 is 0 Å². The quantitative estimate of drug-likeness (QED) is 0.855. The molecule has 1 aliphatic heterocycles. The normalized spacial score (nSPS) is 14.3. The van der Waals surface area contributed by atoms with E-state index < -0.39 is 10.0 Å². The van der Waals surface area contributed by atoms with Crippen molar-refractivity contribution in [1.82, 2.24) is 19.7 Å². The molecule has 7 nitrogen and oxygen atoms in total. The first-order chi connectivity index (χ1) is 11.1. The molecule has 0 unspecified atom stereocenters. The van der Waals surface area contributed by atoms with Crippen molar-refractivity contribution in [2.24, 2.45) is 0 Å². The van der Waals surface area contributed by atoms with Gasteiger partial charge in [0.1, 0.15) is 5.75 Å².